The summed E-state index contributed by atoms with van der Waals surface area (Å²) >= 11 is 0. The predicted molar refractivity (Wildman–Crippen MR) is 115 cm³/mol. The minimum atomic E-state index is -0.154. The minimum absolute atomic E-state index is 0.154. The molecule has 0 aliphatic rings. The molecule has 0 fully saturated rings. The molecule has 29 heavy (non-hydrogen) atoms. The van der Waals surface area contributed by atoms with Crippen LogP contribution in [0, 0.1) is 6.92 Å². The van der Waals surface area contributed by atoms with Gasteiger partial charge in [-0.1, -0.05) is 42.5 Å². The van der Waals surface area contributed by atoms with Gasteiger partial charge in [0.1, 0.15) is 11.5 Å². The van der Waals surface area contributed by atoms with E-state index in [0.29, 0.717) is 17.0 Å². The monoisotopic (exact) mass is 380 g/mol. The lowest BCUT2D eigenvalue weighted by Crippen LogP contribution is -2.11. The van der Waals surface area contributed by atoms with Gasteiger partial charge in [0.05, 0.1) is 0 Å². The van der Waals surface area contributed by atoms with Gasteiger partial charge in [0.15, 0.2) is 0 Å². The van der Waals surface area contributed by atoms with Crippen LogP contribution in [0.2, 0.25) is 0 Å². The average molecular weight is 380 g/mol. The molecule has 0 spiro atoms. The van der Waals surface area contributed by atoms with Gasteiger partial charge in [0.25, 0.3) is 5.91 Å². The third-order valence-corrected chi connectivity index (χ3v) is 4.54. The number of aromatic nitrogens is 1. The van der Waals surface area contributed by atoms with Crippen LogP contribution in [0.5, 0.6) is 11.5 Å². The van der Waals surface area contributed by atoms with Crippen molar-refractivity contribution in [3.05, 3.63) is 108 Å². The lowest BCUT2D eigenvalue weighted by Gasteiger charge is -2.12. The first-order chi connectivity index (χ1) is 14.2. The van der Waals surface area contributed by atoms with Crippen LogP contribution in [0.3, 0.4) is 0 Å². The molecule has 4 heteroatoms. The van der Waals surface area contributed by atoms with Crippen molar-refractivity contribution in [2.45, 2.75) is 6.92 Å². The molecule has 4 aromatic rings. The molecule has 0 bridgehead atoms. The lowest BCUT2D eigenvalue weighted by molar-refractivity contribution is 0.102. The van der Waals surface area contributed by atoms with E-state index < -0.39 is 0 Å². The number of nitrogens with zero attached hydrogens (tertiary/aromatic N) is 1. The van der Waals surface area contributed by atoms with E-state index in [2.05, 4.69) is 10.3 Å². The highest BCUT2D eigenvalue weighted by molar-refractivity contribution is 6.04. The highest BCUT2D eigenvalue weighted by Crippen LogP contribution is 2.30. The van der Waals surface area contributed by atoms with Gasteiger partial charge in [-0.05, 0) is 54.4 Å². The second-order valence-electron chi connectivity index (χ2n) is 6.67. The average Bonchev–Trinajstić information content (AvgIpc) is 2.77. The topological polar surface area (TPSA) is 51.2 Å². The lowest BCUT2D eigenvalue weighted by atomic mass is 10.1. The second kappa shape index (κ2) is 8.40. The normalized spacial score (nSPS) is 10.4. The van der Waals surface area contributed by atoms with E-state index in [0.717, 1.165) is 22.4 Å². The van der Waals surface area contributed by atoms with Crippen LogP contribution in [0.4, 0.5) is 5.69 Å². The third-order valence-electron chi connectivity index (χ3n) is 4.54. The molecule has 1 heterocycles. The quantitative estimate of drug-likeness (QED) is 0.455. The highest BCUT2D eigenvalue weighted by atomic mass is 16.5. The van der Waals surface area contributed by atoms with Gasteiger partial charge in [0, 0.05) is 35.3 Å². The van der Waals surface area contributed by atoms with Gasteiger partial charge in [-0.25, -0.2) is 0 Å². The predicted octanol–water partition coefficient (Wildman–Crippen LogP) is 6.10. The maximum atomic E-state index is 12.4. The van der Waals surface area contributed by atoms with E-state index in [1.165, 1.54) is 0 Å². The molecule has 0 radical (unpaired) electrons. The standard InChI is InChI=1S/C25H20N2O2/c1-18-12-13-22(27-25(28)19-7-3-2-4-8-19)16-24(18)29-23-11-5-9-20(15-23)21-10-6-14-26-17-21/h2-17H,1H3,(H,27,28). The van der Waals surface area contributed by atoms with Crippen LogP contribution in [-0.4, -0.2) is 10.9 Å². The molecule has 0 aliphatic heterocycles. The van der Waals surface area contributed by atoms with Crippen molar-refractivity contribution in [1.82, 2.24) is 4.98 Å². The zero-order valence-corrected chi connectivity index (χ0v) is 16.0. The first kappa shape index (κ1) is 18.4. The highest BCUT2D eigenvalue weighted by Gasteiger charge is 2.09. The number of rotatable bonds is 5. The van der Waals surface area contributed by atoms with Crippen molar-refractivity contribution in [1.29, 1.82) is 0 Å². The van der Waals surface area contributed by atoms with Crippen LogP contribution >= 0.6 is 0 Å². The molecule has 1 aromatic heterocycles. The molecule has 0 unspecified atom stereocenters. The third kappa shape index (κ3) is 4.50. The summed E-state index contributed by atoms with van der Waals surface area (Å²) in [5, 5.41) is 2.92. The molecular weight excluding hydrogens is 360 g/mol. The number of nitrogens with one attached hydrogen (secondary N) is 1. The number of hydrogen-bond acceptors (Lipinski definition) is 3. The van der Waals surface area contributed by atoms with Crippen molar-refractivity contribution in [3.8, 4) is 22.6 Å². The molecule has 0 saturated carbocycles. The molecule has 0 aliphatic carbocycles. The van der Waals surface area contributed by atoms with E-state index in [1.807, 2.05) is 85.9 Å². The van der Waals surface area contributed by atoms with Crippen LogP contribution in [-0.2, 0) is 0 Å². The fourth-order valence-corrected chi connectivity index (χ4v) is 2.98. The van der Waals surface area contributed by atoms with Gasteiger partial charge in [-0.3, -0.25) is 9.78 Å². The van der Waals surface area contributed by atoms with E-state index >= 15 is 0 Å². The number of amides is 1. The smallest absolute Gasteiger partial charge is 0.255 e. The fourth-order valence-electron chi connectivity index (χ4n) is 2.98. The Hall–Kier alpha value is -3.92. The van der Waals surface area contributed by atoms with Gasteiger partial charge in [-0.2, -0.15) is 0 Å². The van der Waals surface area contributed by atoms with Gasteiger partial charge >= 0.3 is 0 Å². The van der Waals surface area contributed by atoms with Crippen molar-refractivity contribution in [3.63, 3.8) is 0 Å². The fraction of sp³-hybridized carbons (Fsp3) is 0.0400. The van der Waals surface area contributed by atoms with E-state index in [1.54, 1.807) is 18.3 Å². The van der Waals surface area contributed by atoms with Crippen molar-refractivity contribution >= 4 is 11.6 Å². The Morgan fingerprint density at radius 1 is 0.862 bits per heavy atom. The van der Waals surface area contributed by atoms with Gasteiger partial charge in [-0.15, -0.1) is 0 Å². The largest absolute Gasteiger partial charge is 0.457 e. The van der Waals surface area contributed by atoms with E-state index in [-0.39, 0.29) is 5.91 Å². The summed E-state index contributed by atoms with van der Waals surface area (Å²) in [4.78, 5) is 16.6. The number of hydrogen-bond donors (Lipinski definition) is 1. The van der Waals surface area contributed by atoms with Crippen molar-refractivity contribution < 1.29 is 9.53 Å². The van der Waals surface area contributed by atoms with Crippen molar-refractivity contribution in [2.24, 2.45) is 0 Å². The summed E-state index contributed by atoms with van der Waals surface area (Å²) in [5.74, 6) is 1.26. The molecule has 0 atom stereocenters. The molecular formula is C25H20N2O2. The van der Waals surface area contributed by atoms with Crippen LogP contribution in [0.1, 0.15) is 15.9 Å². The number of aryl methyl sites for hydroxylation is 1. The zero-order valence-electron chi connectivity index (χ0n) is 16.0. The molecule has 3 aromatic carbocycles. The summed E-state index contributed by atoms with van der Waals surface area (Å²) in [7, 11) is 0. The number of benzene rings is 3. The molecule has 1 N–H and O–H groups in total. The summed E-state index contributed by atoms with van der Waals surface area (Å²) < 4.78 is 6.13. The summed E-state index contributed by atoms with van der Waals surface area (Å²) in [6, 6.07) is 26.6. The maximum absolute atomic E-state index is 12.4. The van der Waals surface area contributed by atoms with E-state index in [4.69, 9.17) is 4.74 Å². The molecule has 4 nitrogen and oxygen atoms in total. The first-order valence-corrected chi connectivity index (χ1v) is 9.34. The molecule has 4 rings (SSSR count). The second-order valence-corrected chi connectivity index (χ2v) is 6.67. The Morgan fingerprint density at radius 2 is 1.69 bits per heavy atom. The Labute approximate surface area is 169 Å². The Morgan fingerprint density at radius 3 is 2.48 bits per heavy atom. The number of anilines is 1. The Bertz CT molecular complexity index is 1130. The number of carbonyl (C=O) groups excluding carboxylic acids is 1. The summed E-state index contributed by atoms with van der Waals surface area (Å²) in [5.41, 5.74) is 4.33. The Kier molecular flexibility index (Phi) is 5.34. The molecule has 0 saturated heterocycles. The summed E-state index contributed by atoms with van der Waals surface area (Å²) in [6.45, 7) is 1.98. The Balaban J connectivity index is 1.55. The zero-order chi connectivity index (χ0) is 20.1. The number of carbonyl (C=O) groups is 1. The van der Waals surface area contributed by atoms with Crippen molar-refractivity contribution in [2.75, 3.05) is 5.32 Å². The number of pyridine rings is 1. The van der Waals surface area contributed by atoms with Gasteiger partial charge in [0.2, 0.25) is 0 Å². The van der Waals surface area contributed by atoms with Crippen LogP contribution in [0.25, 0.3) is 11.1 Å². The molecule has 1 amide bonds. The minimum Gasteiger partial charge on any atom is -0.457 e. The van der Waals surface area contributed by atoms with Crippen LogP contribution < -0.4 is 10.1 Å². The first-order valence-electron chi connectivity index (χ1n) is 9.34. The maximum Gasteiger partial charge on any atom is 0.255 e. The van der Waals surface area contributed by atoms with Crippen LogP contribution in [0.15, 0.2) is 97.3 Å². The van der Waals surface area contributed by atoms with Gasteiger partial charge < -0.3 is 10.1 Å². The SMILES string of the molecule is Cc1ccc(NC(=O)c2ccccc2)cc1Oc1cccc(-c2cccnc2)c1. The number of ether oxygens (including phenoxy) is 1. The van der Waals surface area contributed by atoms with E-state index in [9.17, 15) is 4.79 Å². The molecule has 142 valence electrons. The summed E-state index contributed by atoms with van der Waals surface area (Å²) in [6.07, 6.45) is 3.58.